The summed E-state index contributed by atoms with van der Waals surface area (Å²) in [6, 6.07) is 7.73. The van der Waals surface area contributed by atoms with Crippen LogP contribution in [-0.4, -0.2) is 24.7 Å². The molecule has 112 valence electrons. The van der Waals surface area contributed by atoms with Gasteiger partial charge in [-0.2, -0.15) is 0 Å². The van der Waals surface area contributed by atoms with Gasteiger partial charge >= 0.3 is 5.97 Å². The van der Waals surface area contributed by atoms with E-state index in [9.17, 15) is 4.79 Å². The molecule has 0 atom stereocenters. The van der Waals surface area contributed by atoms with Crippen molar-refractivity contribution in [1.82, 2.24) is 5.32 Å². The van der Waals surface area contributed by atoms with Gasteiger partial charge in [-0.1, -0.05) is 13.8 Å². The minimum atomic E-state index is -0.306. The summed E-state index contributed by atoms with van der Waals surface area (Å²) in [7, 11) is 1.39. The minimum Gasteiger partial charge on any atom is -0.465 e. The Hall–Kier alpha value is -1.66. The maximum atomic E-state index is 11.5. The number of carbonyl (C=O) groups excluding carboxylic acids is 1. The Kier molecular flexibility index (Phi) is 5.14. The molecule has 6 heteroatoms. The lowest BCUT2D eigenvalue weighted by molar-refractivity contribution is 0.0606. The maximum absolute atomic E-state index is 11.5. The topological polar surface area (TPSA) is 50.4 Å². The van der Waals surface area contributed by atoms with Crippen LogP contribution < -0.4 is 10.6 Å². The zero-order chi connectivity index (χ0) is 15.4. The van der Waals surface area contributed by atoms with Gasteiger partial charge in [0.15, 0.2) is 5.11 Å². The largest absolute Gasteiger partial charge is 0.465 e. The lowest BCUT2D eigenvalue weighted by Crippen LogP contribution is -2.31. The van der Waals surface area contributed by atoms with E-state index < -0.39 is 0 Å². The number of nitrogens with one attached hydrogen (secondary N) is 2. The molecule has 2 aromatic rings. The van der Waals surface area contributed by atoms with E-state index in [-0.39, 0.29) is 5.97 Å². The second-order valence-corrected chi connectivity index (χ2v) is 6.58. The highest BCUT2D eigenvalue weighted by molar-refractivity contribution is 7.80. The lowest BCUT2D eigenvalue weighted by atomic mass is 10.2. The summed E-state index contributed by atoms with van der Waals surface area (Å²) in [5, 5.41) is 7.91. The number of thiocarbonyl (C=S) groups is 1. The molecule has 0 spiro atoms. The Morgan fingerprint density at radius 2 is 2.14 bits per heavy atom. The minimum absolute atomic E-state index is 0.306. The van der Waals surface area contributed by atoms with Crippen molar-refractivity contribution in [2.24, 2.45) is 5.92 Å². The number of methoxy groups -OCH3 is 1. The number of ether oxygens (including phenoxy) is 1. The zero-order valence-corrected chi connectivity index (χ0v) is 13.9. The highest BCUT2D eigenvalue weighted by atomic mass is 32.1. The van der Waals surface area contributed by atoms with Crippen LogP contribution in [0.1, 0.15) is 23.5 Å². The summed E-state index contributed by atoms with van der Waals surface area (Å²) in [6.45, 7) is 5.09. The van der Waals surface area contributed by atoms with E-state index in [0.717, 1.165) is 22.3 Å². The van der Waals surface area contributed by atoms with Gasteiger partial charge in [-0.25, -0.2) is 4.79 Å². The lowest BCUT2D eigenvalue weighted by Gasteiger charge is -2.12. The van der Waals surface area contributed by atoms with E-state index in [4.69, 9.17) is 17.0 Å². The molecule has 1 heterocycles. The van der Waals surface area contributed by atoms with Crippen LogP contribution in [0.2, 0.25) is 0 Å². The molecule has 0 saturated heterocycles. The average molecular weight is 322 g/mol. The summed E-state index contributed by atoms with van der Waals surface area (Å²) in [6.07, 6.45) is 0. The number of thiophene rings is 1. The van der Waals surface area contributed by atoms with Crippen LogP contribution >= 0.6 is 23.6 Å². The van der Waals surface area contributed by atoms with Gasteiger partial charge in [-0.05, 0) is 47.8 Å². The molecule has 0 amide bonds. The van der Waals surface area contributed by atoms with Gasteiger partial charge < -0.3 is 15.4 Å². The van der Waals surface area contributed by atoms with E-state index in [1.54, 1.807) is 0 Å². The van der Waals surface area contributed by atoms with Gasteiger partial charge in [0.1, 0.15) is 4.88 Å². The molecule has 0 radical (unpaired) electrons. The SMILES string of the molecule is COC(=O)c1cc2cc(NC(=S)NCC(C)C)ccc2s1. The molecule has 0 aliphatic rings. The standard InChI is InChI=1S/C15H18N2O2S2/c1-9(2)8-16-15(20)17-11-4-5-12-10(6-11)7-13(21-12)14(18)19-3/h4-7,9H,8H2,1-3H3,(H2,16,17,20). The molecule has 2 N–H and O–H groups in total. The summed E-state index contributed by atoms with van der Waals surface area (Å²) >= 11 is 6.67. The van der Waals surface area contributed by atoms with Crippen molar-refractivity contribution in [1.29, 1.82) is 0 Å². The van der Waals surface area contributed by atoms with E-state index in [0.29, 0.717) is 15.9 Å². The van der Waals surface area contributed by atoms with Crippen molar-refractivity contribution in [3.63, 3.8) is 0 Å². The van der Waals surface area contributed by atoms with E-state index >= 15 is 0 Å². The summed E-state index contributed by atoms with van der Waals surface area (Å²) < 4.78 is 5.78. The first-order valence-corrected chi connectivity index (χ1v) is 7.89. The second-order valence-electron chi connectivity index (χ2n) is 5.08. The number of rotatable bonds is 4. The fourth-order valence-electron chi connectivity index (χ4n) is 1.79. The summed E-state index contributed by atoms with van der Waals surface area (Å²) in [5.74, 6) is 0.228. The summed E-state index contributed by atoms with van der Waals surface area (Å²) in [4.78, 5) is 12.1. The van der Waals surface area contributed by atoms with Crippen molar-refractivity contribution in [2.45, 2.75) is 13.8 Å². The quantitative estimate of drug-likeness (QED) is 0.665. The molecule has 0 aliphatic carbocycles. The fraction of sp³-hybridized carbons (Fsp3) is 0.333. The van der Waals surface area contributed by atoms with Crippen LogP contribution in [0.3, 0.4) is 0 Å². The molecule has 0 unspecified atom stereocenters. The molecule has 21 heavy (non-hydrogen) atoms. The highest BCUT2D eigenvalue weighted by Gasteiger charge is 2.10. The predicted molar refractivity (Wildman–Crippen MR) is 92.2 cm³/mol. The molecule has 2 rings (SSSR count). The van der Waals surface area contributed by atoms with Gasteiger partial charge in [0, 0.05) is 16.9 Å². The molecular weight excluding hydrogens is 304 g/mol. The van der Waals surface area contributed by atoms with Crippen LogP contribution in [0.5, 0.6) is 0 Å². The number of benzene rings is 1. The van der Waals surface area contributed by atoms with Crippen molar-refractivity contribution in [3.8, 4) is 0 Å². The third kappa shape index (κ3) is 4.15. The van der Waals surface area contributed by atoms with Gasteiger partial charge in [-0.15, -0.1) is 11.3 Å². The van der Waals surface area contributed by atoms with E-state index in [1.807, 2.05) is 24.3 Å². The second kappa shape index (κ2) is 6.87. The number of hydrogen-bond acceptors (Lipinski definition) is 4. The van der Waals surface area contributed by atoms with E-state index in [1.165, 1.54) is 18.4 Å². The van der Waals surface area contributed by atoms with Crippen molar-refractivity contribution < 1.29 is 9.53 Å². The zero-order valence-electron chi connectivity index (χ0n) is 12.2. The fourth-order valence-corrected chi connectivity index (χ4v) is 2.96. The van der Waals surface area contributed by atoms with E-state index in [2.05, 4.69) is 24.5 Å². The third-order valence-electron chi connectivity index (χ3n) is 2.83. The molecule has 0 bridgehead atoms. The number of esters is 1. The van der Waals surface area contributed by atoms with Crippen LogP contribution in [0.25, 0.3) is 10.1 Å². The average Bonchev–Trinajstić information content (AvgIpc) is 2.87. The van der Waals surface area contributed by atoms with Crippen LogP contribution in [0, 0.1) is 5.92 Å². The number of anilines is 1. The van der Waals surface area contributed by atoms with Crippen molar-refractivity contribution >= 4 is 50.4 Å². The molecule has 0 saturated carbocycles. The molecule has 4 nitrogen and oxygen atoms in total. The van der Waals surface area contributed by atoms with Gasteiger partial charge in [0.25, 0.3) is 0 Å². The van der Waals surface area contributed by atoms with Crippen LogP contribution in [0.4, 0.5) is 5.69 Å². The number of carbonyl (C=O) groups is 1. The molecule has 1 aromatic carbocycles. The van der Waals surface area contributed by atoms with Crippen LogP contribution in [-0.2, 0) is 4.74 Å². The highest BCUT2D eigenvalue weighted by Crippen LogP contribution is 2.28. The predicted octanol–water partition coefficient (Wildman–Crippen LogP) is 3.63. The molecule has 0 fully saturated rings. The van der Waals surface area contributed by atoms with Gasteiger partial charge in [0.05, 0.1) is 7.11 Å². The first-order chi connectivity index (χ1) is 9.99. The Bertz CT molecular complexity index is 665. The molecule has 1 aromatic heterocycles. The monoisotopic (exact) mass is 322 g/mol. The first-order valence-electron chi connectivity index (χ1n) is 6.66. The number of hydrogen-bond donors (Lipinski definition) is 2. The third-order valence-corrected chi connectivity index (χ3v) is 4.17. The Morgan fingerprint density at radius 3 is 2.81 bits per heavy atom. The Labute approximate surface area is 133 Å². The number of fused-ring (bicyclic) bond motifs is 1. The smallest absolute Gasteiger partial charge is 0.348 e. The van der Waals surface area contributed by atoms with Gasteiger partial charge in [0.2, 0.25) is 0 Å². The Balaban J connectivity index is 2.11. The van der Waals surface area contributed by atoms with Crippen molar-refractivity contribution in [3.05, 3.63) is 29.1 Å². The van der Waals surface area contributed by atoms with Crippen LogP contribution in [0.15, 0.2) is 24.3 Å². The summed E-state index contributed by atoms with van der Waals surface area (Å²) in [5.41, 5.74) is 0.901. The van der Waals surface area contributed by atoms with Crippen molar-refractivity contribution in [2.75, 3.05) is 19.0 Å². The van der Waals surface area contributed by atoms with Gasteiger partial charge in [-0.3, -0.25) is 0 Å². The normalized spacial score (nSPS) is 10.7. The maximum Gasteiger partial charge on any atom is 0.348 e. The first kappa shape index (κ1) is 15.7. The molecule has 0 aliphatic heterocycles. The molecular formula is C15H18N2O2S2. The Morgan fingerprint density at radius 1 is 1.38 bits per heavy atom.